The molecule has 0 saturated carbocycles. The molecule has 0 spiro atoms. The number of nitrogens with one attached hydrogen (secondary N) is 1. The number of carbonyl (C=O) groups is 1. The van der Waals surface area contributed by atoms with Crippen LogP contribution >= 0.6 is 0 Å². The molecule has 5 rings (SSSR count). The van der Waals surface area contributed by atoms with Gasteiger partial charge in [-0.05, 0) is 37.7 Å². The number of likely N-dealkylation sites (N-methyl/N-ethyl adjacent to an activating group) is 1. The molecule has 1 N–H and O–H groups in total. The van der Waals surface area contributed by atoms with Gasteiger partial charge in [0.2, 0.25) is 10.0 Å². The van der Waals surface area contributed by atoms with Crippen LogP contribution in [0.2, 0.25) is 0 Å². The van der Waals surface area contributed by atoms with Gasteiger partial charge in [0.15, 0.2) is 5.75 Å². The Balaban J connectivity index is 1.64. The van der Waals surface area contributed by atoms with Crippen molar-refractivity contribution in [3.63, 3.8) is 0 Å². The van der Waals surface area contributed by atoms with Crippen molar-refractivity contribution < 1.29 is 22.7 Å². The monoisotopic (exact) mass is 472 g/mol. The lowest BCUT2D eigenvalue weighted by Crippen LogP contribution is -2.46. The highest BCUT2D eigenvalue weighted by Gasteiger charge is 2.34. The first kappa shape index (κ1) is 22.1. The van der Waals surface area contributed by atoms with Crippen LogP contribution in [0, 0.1) is 6.92 Å². The third kappa shape index (κ3) is 4.19. The molecule has 9 nitrogen and oxygen atoms in total. The minimum absolute atomic E-state index is 0.133. The number of benzene rings is 2. The van der Waals surface area contributed by atoms with Crippen LogP contribution in [0.4, 0.5) is 11.4 Å². The Morgan fingerprint density at radius 1 is 0.939 bits per heavy atom. The zero-order chi connectivity index (χ0) is 23.2. The summed E-state index contributed by atoms with van der Waals surface area (Å²) >= 11 is 0. The van der Waals surface area contributed by atoms with Crippen molar-refractivity contribution in [2.45, 2.75) is 11.8 Å². The van der Waals surface area contributed by atoms with Crippen LogP contribution < -0.4 is 15.0 Å². The van der Waals surface area contributed by atoms with Gasteiger partial charge in [0.25, 0.3) is 5.91 Å². The molecular weight excluding hydrogens is 444 g/mol. The van der Waals surface area contributed by atoms with Gasteiger partial charge >= 0.3 is 0 Å². The molecule has 2 aromatic carbocycles. The number of anilines is 2. The standard InChI is InChI=1S/C23H28N4O5S/c1-16-3-4-20-18(13-16)24-23(28)17-14-22(33(29,30)27-9-11-31-12-10-27)19(15-21(17)32-20)26-7-5-25(2)6-8-26/h3-4,13-15H,5-12H2,1-2H3,(H,24,28). The molecule has 10 heteroatoms. The number of amides is 1. The van der Waals surface area contributed by atoms with Crippen LogP contribution in [-0.4, -0.2) is 83.1 Å². The highest BCUT2D eigenvalue weighted by Crippen LogP contribution is 2.41. The molecule has 0 bridgehead atoms. The SMILES string of the molecule is Cc1ccc2c(c1)NC(=O)c1cc(S(=O)(=O)N3CCOCC3)c(N3CCN(C)CC3)cc1O2. The van der Waals surface area contributed by atoms with E-state index in [1.54, 1.807) is 6.07 Å². The number of fused-ring (bicyclic) bond motifs is 2. The lowest BCUT2D eigenvalue weighted by atomic mass is 10.1. The van der Waals surface area contributed by atoms with Gasteiger partial charge < -0.3 is 24.6 Å². The second-order valence-corrected chi connectivity index (χ2v) is 10.6. The van der Waals surface area contributed by atoms with E-state index >= 15 is 0 Å². The molecule has 2 aromatic rings. The average molecular weight is 473 g/mol. The molecule has 1 amide bonds. The van der Waals surface area contributed by atoms with Gasteiger partial charge in [-0.15, -0.1) is 0 Å². The number of nitrogens with zero attached hydrogens (tertiary/aromatic N) is 3. The smallest absolute Gasteiger partial charge is 0.259 e. The predicted octanol–water partition coefficient (Wildman–Crippen LogP) is 2.13. The Labute approximate surface area is 193 Å². The van der Waals surface area contributed by atoms with E-state index in [9.17, 15) is 13.2 Å². The Morgan fingerprint density at radius 3 is 2.39 bits per heavy atom. The van der Waals surface area contributed by atoms with E-state index in [0.717, 1.165) is 18.7 Å². The van der Waals surface area contributed by atoms with Crippen molar-refractivity contribution in [2.75, 3.05) is 69.7 Å². The minimum Gasteiger partial charge on any atom is -0.454 e. The van der Waals surface area contributed by atoms with Crippen molar-refractivity contribution in [3.8, 4) is 11.5 Å². The average Bonchev–Trinajstić information content (AvgIpc) is 2.94. The molecular formula is C23H28N4O5S. The number of rotatable bonds is 3. The van der Waals surface area contributed by atoms with E-state index < -0.39 is 15.9 Å². The zero-order valence-corrected chi connectivity index (χ0v) is 19.7. The number of morpholine rings is 1. The van der Waals surface area contributed by atoms with Crippen LogP contribution in [0.1, 0.15) is 15.9 Å². The maximum Gasteiger partial charge on any atom is 0.259 e. The maximum absolute atomic E-state index is 13.7. The number of piperazine rings is 1. The molecule has 3 heterocycles. The van der Waals surface area contributed by atoms with E-state index in [1.807, 2.05) is 32.2 Å². The van der Waals surface area contributed by atoms with Crippen LogP contribution in [0.3, 0.4) is 0 Å². The third-order valence-electron chi connectivity index (χ3n) is 6.34. The fourth-order valence-corrected chi connectivity index (χ4v) is 6.00. The summed E-state index contributed by atoms with van der Waals surface area (Å²) in [5.41, 5.74) is 2.32. The van der Waals surface area contributed by atoms with Crippen molar-refractivity contribution in [3.05, 3.63) is 41.5 Å². The Bertz CT molecular complexity index is 1190. The third-order valence-corrected chi connectivity index (χ3v) is 8.27. The highest BCUT2D eigenvalue weighted by atomic mass is 32.2. The van der Waals surface area contributed by atoms with Crippen molar-refractivity contribution >= 4 is 27.3 Å². The number of sulfonamides is 1. The lowest BCUT2D eigenvalue weighted by Gasteiger charge is -2.36. The van der Waals surface area contributed by atoms with Crippen LogP contribution in [0.15, 0.2) is 35.2 Å². The Hall–Kier alpha value is -2.66. The Morgan fingerprint density at radius 2 is 1.67 bits per heavy atom. The summed E-state index contributed by atoms with van der Waals surface area (Å²) in [6.45, 7) is 6.21. The number of carbonyl (C=O) groups excluding carboxylic acids is 1. The molecule has 176 valence electrons. The molecule has 2 saturated heterocycles. The van der Waals surface area contributed by atoms with Gasteiger partial charge in [-0.3, -0.25) is 4.79 Å². The van der Waals surface area contributed by atoms with E-state index in [2.05, 4.69) is 15.1 Å². The highest BCUT2D eigenvalue weighted by molar-refractivity contribution is 7.89. The van der Waals surface area contributed by atoms with Crippen molar-refractivity contribution in [1.29, 1.82) is 0 Å². The first-order valence-electron chi connectivity index (χ1n) is 11.1. The van der Waals surface area contributed by atoms with E-state index in [4.69, 9.17) is 9.47 Å². The number of ether oxygens (including phenoxy) is 2. The van der Waals surface area contributed by atoms with E-state index in [1.165, 1.54) is 10.4 Å². The van der Waals surface area contributed by atoms with Gasteiger partial charge in [0.1, 0.15) is 10.6 Å². The molecule has 2 fully saturated rings. The topological polar surface area (TPSA) is 91.4 Å². The molecule has 3 aliphatic heterocycles. The largest absolute Gasteiger partial charge is 0.454 e. The van der Waals surface area contributed by atoms with E-state index in [0.29, 0.717) is 49.2 Å². The molecule has 0 radical (unpaired) electrons. The Kier molecular flexibility index (Phi) is 5.77. The summed E-state index contributed by atoms with van der Waals surface area (Å²) in [5, 5.41) is 2.87. The lowest BCUT2D eigenvalue weighted by molar-refractivity contribution is 0.0730. The van der Waals surface area contributed by atoms with E-state index in [-0.39, 0.29) is 23.5 Å². The predicted molar refractivity (Wildman–Crippen MR) is 125 cm³/mol. The summed E-state index contributed by atoms with van der Waals surface area (Å²) < 4.78 is 40.4. The number of aryl methyl sites for hydroxylation is 1. The van der Waals surface area contributed by atoms with Gasteiger partial charge in [0, 0.05) is 45.3 Å². The zero-order valence-electron chi connectivity index (χ0n) is 18.8. The van der Waals surface area contributed by atoms with Gasteiger partial charge in [-0.25, -0.2) is 8.42 Å². The van der Waals surface area contributed by atoms with Crippen molar-refractivity contribution in [1.82, 2.24) is 9.21 Å². The molecule has 0 atom stereocenters. The molecule has 33 heavy (non-hydrogen) atoms. The van der Waals surface area contributed by atoms with Gasteiger partial charge in [-0.2, -0.15) is 4.31 Å². The van der Waals surface area contributed by atoms with Crippen LogP contribution in [0.25, 0.3) is 0 Å². The van der Waals surface area contributed by atoms with Gasteiger partial charge in [0.05, 0.1) is 30.2 Å². The molecule has 0 aliphatic carbocycles. The molecule has 3 aliphatic rings. The summed E-state index contributed by atoms with van der Waals surface area (Å²) in [6, 6.07) is 8.75. The second-order valence-electron chi connectivity index (χ2n) is 8.68. The van der Waals surface area contributed by atoms with Crippen molar-refractivity contribution in [2.24, 2.45) is 0 Å². The summed E-state index contributed by atoms with van der Waals surface area (Å²) in [5.74, 6) is 0.489. The first-order chi connectivity index (χ1) is 15.8. The minimum atomic E-state index is -3.84. The number of hydrogen-bond acceptors (Lipinski definition) is 7. The summed E-state index contributed by atoms with van der Waals surface area (Å²) in [7, 11) is -1.79. The molecule has 0 unspecified atom stereocenters. The maximum atomic E-state index is 13.7. The summed E-state index contributed by atoms with van der Waals surface area (Å²) in [6.07, 6.45) is 0. The fraction of sp³-hybridized carbons (Fsp3) is 0.435. The van der Waals surface area contributed by atoms with Crippen LogP contribution in [-0.2, 0) is 14.8 Å². The summed E-state index contributed by atoms with van der Waals surface area (Å²) in [4.78, 5) is 17.5. The quantitative estimate of drug-likeness (QED) is 0.732. The second kappa shape index (κ2) is 8.60. The first-order valence-corrected chi connectivity index (χ1v) is 12.6. The normalized spacial score (nSPS) is 19.8. The van der Waals surface area contributed by atoms with Gasteiger partial charge in [-0.1, -0.05) is 6.07 Å². The van der Waals surface area contributed by atoms with Crippen LogP contribution in [0.5, 0.6) is 11.5 Å². The number of hydrogen-bond donors (Lipinski definition) is 1. The molecule has 0 aromatic heterocycles. The fourth-order valence-electron chi connectivity index (χ4n) is 4.38.